The van der Waals surface area contributed by atoms with Crippen molar-refractivity contribution in [3.05, 3.63) is 63.1 Å². The van der Waals surface area contributed by atoms with Crippen LogP contribution in [0.15, 0.2) is 40.9 Å². The summed E-state index contributed by atoms with van der Waals surface area (Å²) in [4.78, 5) is 12.5. The standard InChI is InChI=1S/C16H15BrO2/c1-10-4-6-13(11(2)8-10)16(18)14-7-5-12(19-3)9-15(14)17/h4-9H,1-3H3. The highest BCUT2D eigenvalue weighted by atomic mass is 79.9. The molecule has 0 saturated carbocycles. The summed E-state index contributed by atoms with van der Waals surface area (Å²) in [6, 6.07) is 11.2. The molecule has 0 aliphatic carbocycles. The van der Waals surface area contributed by atoms with Crippen molar-refractivity contribution in [2.24, 2.45) is 0 Å². The number of aryl methyl sites for hydroxylation is 2. The van der Waals surface area contributed by atoms with Gasteiger partial charge in [-0.15, -0.1) is 0 Å². The molecule has 0 heterocycles. The molecule has 0 atom stereocenters. The highest BCUT2D eigenvalue weighted by Gasteiger charge is 2.15. The van der Waals surface area contributed by atoms with Crippen LogP contribution in [0.25, 0.3) is 0 Å². The molecule has 3 heteroatoms. The smallest absolute Gasteiger partial charge is 0.194 e. The van der Waals surface area contributed by atoms with E-state index >= 15 is 0 Å². The number of methoxy groups -OCH3 is 1. The topological polar surface area (TPSA) is 26.3 Å². The Morgan fingerprint density at radius 2 is 1.74 bits per heavy atom. The Morgan fingerprint density at radius 3 is 2.32 bits per heavy atom. The molecule has 2 nitrogen and oxygen atoms in total. The molecule has 98 valence electrons. The molecule has 19 heavy (non-hydrogen) atoms. The number of rotatable bonds is 3. The van der Waals surface area contributed by atoms with Crippen molar-refractivity contribution in [2.75, 3.05) is 7.11 Å². The van der Waals surface area contributed by atoms with Gasteiger partial charge in [-0.05, 0) is 53.5 Å². The predicted octanol–water partition coefficient (Wildman–Crippen LogP) is 4.31. The molecule has 0 bridgehead atoms. The van der Waals surface area contributed by atoms with E-state index in [-0.39, 0.29) is 5.78 Å². The van der Waals surface area contributed by atoms with Gasteiger partial charge in [0.05, 0.1) is 7.11 Å². The maximum Gasteiger partial charge on any atom is 0.194 e. The zero-order valence-corrected chi connectivity index (χ0v) is 12.7. The van der Waals surface area contributed by atoms with Gasteiger partial charge in [0.2, 0.25) is 0 Å². The maximum absolute atomic E-state index is 12.5. The lowest BCUT2D eigenvalue weighted by Gasteiger charge is -2.09. The molecule has 0 aromatic heterocycles. The van der Waals surface area contributed by atoms with Crippen molar-refractivity contribution in [2.45, 2.75) is 13.8 Å². The average molecular weight is 319 g/mol. The van der Waals surface area contributed by atoms with Crippen LogP contribution in [0.1, 0.15) is 27.0 Å². The largest absolute Gasteiger partial charge is 0.497 e. The fraction of sp³-hybridized carbons (Fsp3) is 0.188. The Kier molecular flexibility index (Phi) is 4.05. The Bertz CT molecular complexity index is 633. The number of carbonyl (C=O) groups excluding carboxylic acids is 1. The van der Waals surface area contributed by atoms with Crippen molar-refractivity contribution in [1.82, 2.24) is 0 Å². The molecule has 2 aromatic carbocycles. The number of ether oxygens (including phenoxy) is 1. The van der Waals surface area contributed by atoms with E-state index in [9.17, 15) is 4.79 Å². The van der Waals surface area contributed by atoms with Gasteiger partial charge < -0.3 is 4.74 Å². The number of benzene rings is 2. The van der Waals surface area contributed by atoms with Crippen LogP contribution < -0.4 is 4.74 Å². The van der Waals surface area contributed by atoms with Gasteiger partial charge in [-0.1, -0.05) is 23.8 Å². The third-order valence-corrected chi connectivity index (χ3v) is 3.70. The lowest BCUT2D eigenvalue weighted by Crippen LogP contribution is -2.05. The fourth-order valence-electron chi connectivity index (χ4n) is 2.02. The predicted molar refractivity (Wildman–Crippen MR) is 80.0 cm³/mol. The Morgan fingerprint density at radius 1 is 1.05 bits per heavy atom. The second-order valence-corrected chi connectivity index (χ2v) is 5.35. The lowest BCUT2D eigenvalue weighted by molar-refractivity contribution is 0.103. The van der Waals surface area contributed by atoms with E-state index < -0.39 is 0 Å². The third-order valence-electron chi connectivity index (χ3n) is 3.05. The summed E-state index contributed by atoms with van der Waals surface area (Å²) in [6.45, 7) is 3.97. The Labute approximate surface area is 121 Å². The summed E-state index contributed by atoms with van der Waals surface area (Å²) < 4.78 is 5.88. The highest BCUT2D eigenvalue weighted by Crippen LogP contribution is 2.26. The normalized spacial score (nSPS) is 10.3. The van der Waals surface area contributed by atoms with Crippen molar-refractivity contribution in [1.29, 1.82) is 0 Å². The van der Waals surface area contributed by atoms with Crippen LogP contribution in [0.4, 0.5) is 0 Å². The molecule has 2 rings (SSSR count). The number of halogens is 1. The minimum absolute atomic E-state index is 0.0204. The average Bonchev–Trinajstić information content (AvgIpc) is 2.37. The van der Waals surface area contributed by atoms with E-state index in [0.717, 1.165) is 26.9 Å². The van der Waals surface area contributed by atoms with Crippen molar-refractivity contribution < 1.29 is 9.53 Å². The number of hydrogen-bond acceptors (Lipinski definition) is 2. The molecular weight excluding hydrogens is 304 g/mol. The molecule has 0 saturated heterocycles. The number of carbonyl (C=O) groups is 1. The minimum Gasteiger partial charge on any atom is -0.497 e. The Hall–Kier alpha value is -1.61. The lowest BCUT2D eigenvalue weighted by atomic mass is 9.97. The summed E-state index contributed by atoms with van der Waals surface area (Å²) in [5.74, 6) is 0.746. The van der Waals surface area contributed by atoms with Gasteiger partial charge in [0.15, 0.2) is 5.78 Å². The highest BCUT2D eigenvalue weighted by molar-refractivity contribution is 9.10. The van der Waals surface area contributed by atoms with Crippen molar-refractivity contribution in [3.63, 3.8) is 0 Å². The van der Waals surface area contributed by atoms with Crippen LogP contribution >= 0.6 is 15.9 Å². The van der Waals surface area contributed by atoms with E-state index in [1.165, 1.54) is 0 Å². The first kappa shape index (κ1) is 13.8. The summed E-state index contributed by atoms with van der Waals surface area (Å²) in [5, 5.41) is 0. The summed E-state index contributed by atoms with van der Waals surface area (Å²) >= 11 is 3.42. The van der Waals surface area contributed by atoms with Crippen LogP contribution in [0.3, 0.4) is 0 Å². The molecule has 2 aromatic rings. The van der Waals surface area contributed by atoms with E-state index in [4.69, 9.17) is 4.74 Å². The molecular formula is C16H15BrO2. The van der Waals surface area contributed by atoms with Crippen LogP contribution in [0.2, 0.25) is 0 Å². The van der Waals surface area contributed by atoms with Gasteiger partial charge in [-0.2, -0.15) is 0 Å². The summed E-state index contributed by atoms with van der Waals surface area (Å²) in [5.41, 5.74) is 3.53. The summed E-state index contributed by atoms with van der Waals surface area (Å²) in [7, 11) is 1.60. The van der Waals surface area contributed by atoms with Crippen LogP contribution in [-0.2, 0) is 0 Å². The van der Waals surface area contributed by atoms with Gasteiger partial charge in [0.25, 0.3) is 0 Å². The maximum atomic E-state index is 12.5. The third kappa shape index (κ3) is 2.87. The monoisotopic (exact) mass is 318 g/mol. The number of hydrogen-bond donors (Lipinski definition) is 0. The molecule has 0 N–H and O–H groups in total. The molecule has 0 unspecified atom stereocenters. The van der Waals surface area contributed by atoms with E-state index in [2.05, 4.69) is 15.9 Å². The van der Waals surface area contributed by atoms with Gasteiger partial charge in [-0.3, -0.25) is 4.79 Å². The molecule has 0 spiro atoms. The number of ketones is 1. The van der Waals surface area contributed by atoms with Gasteiger partial charge >= 0.3 is 0 Å². The minimum atomic E-state index is 0.0204. The second kappa shape index (κ2) is 5.57. The van der Waals surface area contributed by atoms with Crippen molar-refractivity contribution in [3.8, 4) is 5.75 Å². The van der Waals surface area contributed by atoms with Crippen molar-refractivity contribution >= 4 is 21.7 Å². The molecule has 0 aliphatic heterocycles. The van der Waals surface area contributed by atoms with Gasteiger partial charge in [0, 0.05) is 15.6 Å². The molecule has 0 amide bonds. The first-order valence-electron chi connectivity index (χ1n) is 5.98. The molecule has 0 aliphatic rings. The SMILES string of the molecule is COc1ccc(C(=O)c2ccc(C)cc2C)c(Br)c1. The zero-order valence-electron chi connectivity index (χ0n) is 11.2. The van der Waals surface area contributed by atoms with E-state index in [0.29, 0.717) is 5.56 Å². The first-order chi connectivity index (χ1) is 9.02. The quantitative estimate of drug-likeness (QED) is 0.788. The van der Waals surface area contributed by atoms with Crippen LogP contribution in [0, 0.1) is 13.8 Å². The van der Waals surface area contributed by atoms with Gasteiger partial charge in [-0.25, -0.2) is 0 Å². The van der Waals surface area contributed by atoms with Crippen LogP contribution in [0.5, 0.6) is 5.75 Å². The molecule has 0 fully saturated rings. The first-order valence-corrected chi connectivity index (χ1v) is 6.77. The zero-order chi connectivity index (χ0) is 14.0. The van der Waals surface area contributed by atoms with Gasteiger partial charge in [0.1, 0.15) is 5.75 Å². The summed E-state index contributed by atoms with van der Waals surface area (Å²) in [6.07, 6.45) is 0. The van der Waals surface area contributed by atoms with E-state index in [1.807, 2.05) is 32.0 Å². The van der Waals surface area contributed by atoms with Crippen LogP contribution in [-0.4, -0.2) is 12.9 Å². The van der Waals surface area contributed by atoms with E-state index in [1.54, 1.807) is 25.3 Å². The molecule has 0 radical (unpaired) electrons. The fourth-order valence-corrected chi connectivity index (χ4v) is 2.56. The Balaban J connectivity index is 2.44. The second-order valence-electron chi connectivity index (χ2n) is 4.49.